The van der Waals surface area contributed by atoms with Gasteiger partial charge >= 0.3 is 0 Å². The fourth-order valence-electron chi connectivity index (χ4n) is 1.61. The number of rotatable bonds is 7. The lowest BCUT2D eigenvalue weighted by molar-refractivity contribution is 0.563. The molecule has 1 unspecified atom stereocenters. The predicted octanol–water partition coefficient (Wildman–Crippen LogP) is 1.93. The lowest BCUT2D eigenvalue weighted by atomic mass is 10.1. The molecule has 102 valence electrons. The number of hydrogen-bond donors (Lipinski definition) is 2. The van der Waals surface area contributed by atoms with Crippen LogP contribution < -0.4 is 10.0 Å². The van der Waals surface area contributed by atoms with E-state index >= 15 is 0 Å². The third-order valence-electron chi connectivity index (χ3n) is 2.54. The number of halogens is 1. The highest BCUT2D eigenvalue weighted by atomic mass is 35.5. The molecule has 1 atom stereocenters. The molecule has 1 aromatic rings. The molecule has 0 amide bonds. The van der Waals surface area contributed by atoms with Crippen LogP contribution in [0.15, 0.2) is 24.3 Å². The van der Waals surface area contributed by atoms with Crippen LogP contribution in [0.5, 0.6) is 0 Å². The first kappa shape index (κ1) is 15.4. The van der Waals surface area contributed by atoms with Crippen LogP contribution in [0, 0.1) is 0 Å². The molecule has 0 aromatic heterocycles. The minimum atomic E-state index is -3.25. The van der Waals surface area contributed by atoms with Crippen LogP contribution in [0.3, 0.4) is 0 Å². The molecule has 4 nitrogen and oxygen atoms in total. The molecule has 0 saturated carbocycles. The second-order valence-electron chi connectivity index (χ2n) is 4.17. The maximum atomic E-state index is 11.8. The molecular formula is C12H19ClN2O2S. The minimum Gasteiger partial charge on any atom is -0.320 e. The van der Waals surface area contributed by atoms with Gasteiger partial charge in [0.2, 0.25) is 10.0 Å². The first-order valence-electron chi connectivity index (χ1n) is 5.84. The third kappa shape index (κ3) is 5.35. The minimum absolute atomic E-state index is 0.124. The summed E-state index contributed by atoms with van der Waals surface area (Å²) < 4.78 is 26.2. The predicted molar refractivity (Wildman–Crippen MR) is 75.3 cm³/mol. The normalized spacial score (nSPS) is 13.5. The van der Waals surface area contributed by atoms with Crippen molar-refractivity contribution in [1.82, 2.24) is 10.0 Å². The zero-order valence-electron chi connectivity index (χ0n) is 10.6. The Morgan fingerprint density at radius 1 is 1.39 bits per heavy atom. The highest BCUT2D eigenvalue weighted by Crippen LogP contribution is 2.18. The summed E-state index contributed by atoms with van der Waals surface area (Å²) in [4.78, 5) is 0. The Morgan fingerprint density at radius 2 is 2.11 bits per heavy atom. The molecule has 2 N–H and O–H groups in total. The number of hydrogen-bond acceptors (Lipinski definition) is 3. The lowest BCUT2D eigenvalue weighted by Crippen LogP contribution is -2.30. The zero-order chi connectivity index (χ0) is 13.6. The highest BCUT2D eigenvalue weighted by Gasteiger charge is 2.15. The third-order valence-corrected chi connectivity index (χ3v) is 4.32. The van der Waals surface area contributed by atoms with Gasteiger partial charge in [-0.25, -0.2) is 13.1 Å². The SMILES string of the molecule is CNCCCS(=O)(=O)NC(C)c1cccc(Cl)c1. The molecule has 0 aliphatic rings. The molecule has 0 radical (unpaired) electrons. The summed E-state index contributed by atoms with van der Waals surface area (Å²) in [6, 6.07) is 6.92. The van der Waals surface area contributed by atoms with E-state index in [9.17, 15) is 8.42 Å². The van der Waals surface area contributed by atoms with Crippen molar-refractivity contribution in [2.45, 2.75) is 19.4 Å². The fraction of sp³-hybridized carbons (Fsp3) is 0.500. The molecule has 0 saturated heterocycles. The van der Waals surface area contributed by atoms with Gasteiger partial charge in [-0.15, -0.1) is 0 Å². The monoisotopic (exact) mass is 290 g/mol. The molecule has 0 aliphatic carbocycles. The quantitative estimate of drug-likeness (QED) is 0.755. The van der Waals surface area contributed by atoms with Gasteiger partial charge in [-0.2, -0.15) is 0 Å². The second kappa shape index (κ2) is 7.09. The van der Waals surface area contributed by atoms with Crippen LogP contribution in [0.4, 0.5) is 0 Å². The number of benzene rings is 1. The standard InChI is InChI=1S/C12H19ClN2O2S/c1-10(11-5-3-6-12(13)9-11)15-18(16,17)8-4-7-14-2/h3,5-6,9-10,14-15H,4,7-8H2,1-2H3. The van der Waals surface area contributed by atoms with Crippen molar-refractivity contribution in [2.24, 2.45) is 0 Å². The smallest absolute Gasteiger partial charge is 0.212 e. The summed E-state index contributed by atoms with van der Waals surface area (Å²) in [6.45, 7) is 2.49. The molecule has 18 heavy (non-hydrogen) atoms. The Bertz CT molecular complexity index is 477. The van der Waals surface area contributed by atoms with E-state index in [1.807, 2.05) is 12.1 Å². The Morgan fingerprint density at radius 3 is 2.72 bits per heavy atom. The highest BCUT2D eigenvalue weighted by molar-refractivity contribution is 7.89. The van der Waals surface area contributed by atoms with Crippen molar-refractivity contribution in [2.75, 3.05) is 19.3 Å². The van der Waals surface area contributed by atoms with Crippen LogP contribution in [0.25, 0.3) is 0 Å². The maximum Gasteiger partial charge on any atom is 0.212 e. The lowest BCUT2D eigenvalue weighted by Gasteiger charge is -2.14. The summed E-state index contributed by atoms with van der Waals surface area (Å²) in [5.74, 6) is 0.124. The summed E-state index contributed by atoms with van der Waals surface area (Å²) in [5, 5.41) is 3.53. The molecule has 1 aromatic carbocycles. The van der Waals surface area contributed by atoms with Crippen molar-refractivity contribution in [3.05, 3.63) is 34.9 Å². The Labute approximate surface area is 114 Å². The Kier molecular flexibility index (Phi) is 6.08. The van der Waals surface area contributed by atoms with E-state index in [1.165, 1.54) is 0 Å². The van der Waals surface area contributed by atoms with Gasteiger partial charge in [-0.05, 0) is 44.6 Å². The van der Waals surface area contributed by atoms with E-state index in [0.717, 1.165) is 5.56 Å². The van der Waals surface area contributed by atoms with Gasteiger partial charge in [0, 0.05) is 11.1 Å². The van der Waals surface area contributed by atoms with E-state index < -0.39 is 10.0 Å². The summed E-state index contributed by atoms with van der Waals surface area (Å²) in [7, 11) is -1.45. The van der Waals surface area contributed by atoms with Gasteiger partial charge in [0.1, 0.15) is 0 Å². The van der Waals surface area contributed by atoms with Gasteiger partial charge in [-0.3, -0.25) is 0 Å². The van der Waals surface area contributed by atoms with E-state index in [2.05, 4.69) is 10.0 Å². The Balaban J connectivity index is 2.61. The van der Waals surface area contributed by atoms with Crippen LogP contribution >= 0.6 is 11.6 Å². The van der Waals surface area contributed by atoms with Crippen molar-refractivity contribution in [1.29, 1.82) is 0 Å². The molecule has 6 heteroatoms. The maximum absolute atomic E-state index is 11.8. The van der Waals surface area contributed by atoms with Crippen LogP contribution in [0.1, 0.15) is 24.9 Å². The average Bonchev–Trinajstić information content (AvgIpc) is 2.28. The molecule has 0 spiro atoms. The van der Waals surface area contributed by atoms with E-state index in [-0.39, 0.29) is 11.8 Å². The van der Waals surface area contributed by atoms with Crippen molar-refractivity contribution >= 4 is 21.6 Å². The van der Waals surface area contributed by atoms with E-state index in [4.69, 9.17) is 11.6 Å². The number of sulfonamides is 1. The Hall–Kier alpha value is -0.620. The topological polar surface area (TPSA) is 58.2 Å². The first-order chi connectivity index (χ1) is 8.44. The largest absolute Gasteiger partial charge is 0.320 e. The molecule has 0 fully saturated rings. The van der Waals surface area contributed by atoms with Crippen molar-refractivity contribution in [3.63, 3.8) is 0 Å². The molecule has 1 rings (SSSR count). The summed E-state index contributed by atoms with van der Waals surface area (Å²) in [6.07, 6.45) is 0.591. The summed E-state index contributed by atoms with van der Waals surface area (Å²) >= 11 is 5.88. The fourth-order valence-corrected chi connectivity index (χ4v) is 3.13. The molecule has 0 aliphatic heterocycles. The molecule has 0 bridgehead atoms. The van der Waals surface area contributed by atoms with Crippen molar-refractivity contribution in [3.8, 4) is 0 Å². The van der Waals surface area contributed by atoms with Gasteiger partial charge in [-0.1, -0.05) is 23.7 Å². The van der Waals surface area contributed by atoms with Gasteiger partial charge in [0.15, 0.2) is 0 Å². The summed E-state index contributed by atoms with van der Waals surface area (Å²) in [5.41, 5.74) is 0.861. The van der Waals surface area contributed by atoms with E-state index in [0.29, 0.717) is 18.0 Å². The van der Waals surface area contributed by atoms with Crippen LogP contribution in [-0.4, -0.2) is 27.8 Å². The first-order valence-corrected chi connectivity index (χ1v) is 7.87. The van der Waals surface area contributed by atoms with Gasteiger partial charge in [0.05, 0.1) is 5.75 Å². The van der Waals surface area contributed by atoms with Crippen LogP contribution in [-0.2, 0) is 10.0 Å². The van der Waals surface area contributed by atoms with Crippen molar-refractivity contribution < 1.29 is 8.42 Å². The zero-order valence-corrected chi connectivity index (χ0v) is 12.2. The van der Waals surface area contributed by atoms with E-state index in [1.54, 1.807) is 26.1 Å². The van der Waals surface area contributed by atoms with Crippen LogP contribution in [0.2, 0.25) is 5.02 Å². The van der Waals surface area contributed by atoms with Gasteiger partial charge in [0.25, 0.3) is 0 Å². The molecular weight excluding hydrogens is 272 g/mol. The number of nitrogens with one attached hydrogen (secondary N) is 2. The molecule has 0 heterocycles. The second-order valence-corrected chi connectivity index (χ2v) is 6.48. The van der Waals surface area contributed by atoms with Gasteiger partial charge < -0.3 is 5.32 Å². The average molecular weight is 291 g/mol.